The van der Waals surface area contributed by atoms with Gasteiger partial charge in [-0.25, -0.2) is 4.79 Å². The third kappa shape index (κ3) is 3.13. The minimum Gasteiger partial charge on any atom is -0.491 e. The Morgan fingerprint density at radius 2 is 2.39 bits per heavy atom. The molecule has 1 aliphatic rings. The molecular formula is C13H17NO4. The summed E-state index contributed by atoms with van der Waals surface area (Å²) in [5, 5.41) is 8.88. The maximum Gasteiger partial charge on any atom is 0.335 e. The van der Waals surface area contributed by atoms with Crippen molar-refractivity contribution in [1.82, 2.24) is 0 Å². The number of anilines is 1. The molecule has 1 fully saturated rings. The van der Waals surface area contributed by atoms with Gasteiger partial charge in [-0.15, -0.1) is 0 Å². The van der Waals surface area contributed by atoms with Crippen molar-refractivity contribution in [2.75, 3.05) is 18.9 Å². The van der Waals surface area contributed by atoms with E-state index in [1.807, 2.05) is 0 Å². The van der Waals surface area contributed by atoms with E-state index < -0.39 is 5.97 Å². The van der Waals surface area contributed by atoms with E-state index >= 15 is 0 Å². The first-order valence-electron chi connectivity index (χ1n) is 6.04. The fourth-order valence-electron chi connectivity index (χ4n) is 1.96. The molecule has 0 radical (unpaired) electrons. The van der Waals surface area contributed by atoms with Gasteiger partial charge in [0.2, 0.25) is 0 Å². The van der Waals surface area contributed by atoms with Gasteiger partial charge in [-0.2, -0.15) is 0 Å². The van der Waals surface area contributed by atoms with Crippen LogP contribution in [0.5, 0.6) is 5.75 Å². The maximum absolute atomic E-state index is 10.8. The minimum absolute atomic E-state index is 0.177. The molecule has 3 N–H and O–H groups in total. The molecule has 1 aromatic carbocycles. The van der Waals surface area contributed by atoms with E-state index in [1.165, 1.54) is 12.1 Å². The molecule has 0 bridgehead atoms. The van der Waals surface area contributed by atoms with Crippen LogP contribution in [-0.4, -0.2) is 30.4 Å². The van der Waals surface area contributed by atoms with Crippen molar-refractivity contribution < 1.29 is 19.4 Å². The van der Waals surface area contributed by atoms with Crippen LogP contribution in [0.3, 0.4) is 0 Å². The van der Waals surface area contributed by atoms with Crippen molar-refractivity contribution in [2.24, 2.45) is 0 Å². The van der Waals surface area contributed by atoms with Crippen molar-refractivity contribution in [3.8, 4) is 5.75 Å². The zero-order valence-corrected chi connectivity index (χ0v) is 10.1. The number of ether oxygens (including phenoxy) is 2. The van der Waals surface area contributed by atoms with Gasteiger partial charge in [0.05, 0.1) is 24.0 Å². The van der Waals surface area contributed by atoms with Crippen LogP contribution in [0.1, 0.15) is 29.6 Å². The average molecular weight is 251 g/mol. The number of carbonyl (C=O) groups is 1. The molecule has 0 spiro atoms. The summed E-state index contributed by atoms with van der Waals surface area (Å²) in [6, 6.07) is 4.46. The van der Waals surface area contributed by atoms with Crippen molar-refractivity contribution in [1.29, 1.82) is 0 Å². The third-order valence-electron chi connectivity index (χ3n) is 2.98. The van der Waals surface area contributed by atoms with Crippen LogP contribution < -0.4 is 10.5 Å². The first-order chi connectivity index (χ1) is 8.66. The molecule has 5 heteroatoms. The number of carboxylic acids is 1. The summed E-state index contributed by atoms with van der Waals surface area (Å²) >= 11 is 0. The Morgan fingerprint density at radius 3 is 3.06 bits per heavy atom. The smallest absolute Gasteiger partial charge is 0.335 e. The molecule has 1 aromatic rings. The van der Waals surface area contributed by atoms with E-state index in [4.69, 9.17) is 20.3 Å². The number of hydrogen-bond acceptors (Lipinski definition) is 4. The number of nitrogens with two attached hydrogens (primary N) is 1. The van der Waals surface area contributed by atoms with Gasteiger partial charge in [-0.05, 0) is 31.0 Å². The Bertz CT molecular complexity index is 427. The van der Waals surface area contributed by atoms with E-state index in [1.54, 1.807) is 6.07 Å². The summed E-state index contributed by atoms with van der Waals surface area (Å²) in [5.74, 6) is -0.563. The lowest BCUT2D eigenvalue weighted by molar-refractivity contribution is 0.0695. The second-order valence-corrected chi connectivity index (χ2v) is 4.33. The highest BCUT2D eigenvalue weighted by Crippen LogP contribution is 2.24. The molecule has 1 aliphatic heterocycles. The third-order valence-corrected chi connectivity index (χ3v) is 2.98. The lowest BCUT2D eigenvalue weighted by atomic mass is 10.2. The molecule has 18 heavy (non-hydrogen) atoms. The first kappa shape index (κ1) is 12.7. The number of hydrogen-bond donors (Lipinski definition) is 2. The van der Waals surface area contributed by atoms with Crippen LogP contribution in [0.4, 0.5) is 5.69 Å². The molecule has 0 aromatic heterocycles. The Kier molecular flexibility index (Phi) is 4.04. The van der Waals surface area contributed by atoms with Gasteiger partial charge in [0, 0.05) is 13.0 Å². The van der Waals surface area contributed by atoms with Gasteiger partial charge in [-0.1, -0.05) is 0 Å². The normalized spacial score (nSPS) is 18.8. The van der Waals surface area contributed by atoms with Crippen molar-refractivity contribution in [3.05, 3.63) is 23.8 Å². The molecule has 1 heterocycles. The summed E-state index contributed by atoms with van der Waals surface area (Å²) in [6.45, 7) is 1.30. The first-order valence-corrected chi connectivity index (χ1v) is 6.04. The molecule has 98 valence electrons. The van der Waals surface area contributed by atoms with Crippen LogP contribution in [-0.2, 0) is 4.74 Å². The monoisotopic (exact) mass is 251 g/mol. The minimum atomic E-state index is -0.987. The van der Waals surface area contributed by atoms with Crippen molar-refractivity contribution in [2.45, 2.75) is 25.4 Å². The molecular weight excluding hydrogens is 234 g/mol. The van der Waals surface area contributed by atoms with E-state index in [0.29, 0.717) is 18.0 Å². The number of carboxylic acid groups (broad SMARTS) is 1. The van der Waals surface area contributed by atoms with Crippen molar-refractivity contribution in [3.63, 3.8) is 0 Å². The Balaban J connectivity index is 1.91. The van der Waals surface area contributed by atoms with Crippen LogP contribution in [0.15, 0.2) is 18.2 Å². The topological polar surface area (TPSA) is 81.8 Å². The van der Waals surface area contributed by atoms with Crippen LogP contribution in [0, 0.1) is 0 Å². The number of benzene rings is 1. The molecule has 5 nitrogen and oxygen atoms in total. The predicted molar refractivity (Wildman–Crippen MR) is 66.9 cm³/mol. The Morgan fingerprint density at radius 1 is 1.56 bits per heavy atom. The maximum atomic E-state index is 10.8. The quantitative estimate of drug-likeness (QED) is 0.781. The largest absolute Gasteiger partial charge is 0.491 e. The second kappa shape index (κ2) is 5.73. The number of nitrogen functional groups attached to an aromatic ring is 1. The highest BCUT2D eigenvalue weighted by Gasteiger charge is 2.15. The second-order valence-electron chi connectivity index (χ2n) is 4.33. The zero-order chi connectivity index (χ0) is 13.0. The summed E-state index contributed by atoms with van der Waals surface area (Å²) < 4.78 is 11.0. The van der Waals surface area contributed by atoms with Gasteiger partial charge >= 0.3 is 5.97 Å². The van der Waals surface area contributed by atoms with Gasteiger partial charge in [0.25, 0.3) is 0 Å². The zero-order valence-electron chi connectivity index (χ0n) is 10.1. The van der Waals surface area contributed by atoms with Gasteiger partial charge in [-0.3, -0.25) is 0 Å². The lowest BCUT2D eigenvalue weighted by Gasteiger charge is -2.12. The van der Waals surface area contributed by atoms with E-state index in [0.717, 1.165) is 25.9 Å². The summed E-state index contributed by atoms with van der Waals surface area (Å²) in [4.78, 5) is 10.8. The lowest BCUT2D eigenvalue weighted by Crippen LogP contribution is -2.11. The molecule has 1 saturated heterocycles. The summed E-state index contributed by atoms with van der Waals surface area (Å²) in [5.41, 5.74) is 6.36. The van der Waals surface area contributed by atoms with E-state index in [9.17, 15) is 4.79 Å². The molecule has 0 aliphatic carbocycles. The Hall–Kier alpha value is -1.75. The molecule has 1 unspecified atom stereocenters. The number of rotatable bonds is 5. The van der Waals surface area contributed by atoms with Crippen molar-refractivity contribution >= 4 is 11.7 Å². The average Bonchev–Trinajstić information content (AvgIpc) is 2.84. The summed E-state index contributed by atoms with van der Waals surface area (Å²) in [6.07, 6.45) is 3.22. The highest BCUT2D eigenvalue weighted by atomic mass is 16.5. The van der Waals surface area contributed by atoms with Gasteiger partial charge in [0.1, 0.15) is 5.75 Å². The van der Waals surface area contributed by atoms with E-state index in [2.05, 4.69) is 0 Å². The SMILES string of the molecule is Nc1ccc(C(=O)O)cc1OCCC1CCCO1. The fraction of sp³-hybridized carbons (Fsp3) is 0.462. The molecule has 0 saturated carbocycles. The standard InChI is InChI=1S/C13H17NO4/c14-11-4-3-9(13(15)16)8-12(11)18-7-5-10-2-1-6-17-10/h3-4,8,10H,1-2,5-7,14H2,(H,15,16). The van der Waals surface area contributed by atoms with E-state index in [-0.39, 0.29) is 11.7 Å². The Labute approximate surface area is 106 Å². The van der Waals surface area contributed by atoms with Crippen LogP contribution in [0.2, 0.25) is 0 Å². The van der Waals surface area contributed by atoms with Crippen LogP contribution in [0.25, 0.3) is 0 Å². The fourth-order valence-corrected chi connectivity index (χ4v) is 1.96. The molecule has 2 rings (SSSR count). The predicted octanol–water partition coefficient (Wildman–Crippen LogP) is 1.91. The molecule has 0 amide bonds. The van der Waals surface area contributed by atoms with Gasteiger partial charge < -0.3 is 20.3 Å². The highest BCUT2D eigenvalue weighted by molar-refractivity contribution is 5.89. The van der Waals surface area contributed by atoms with Gasteiger partial charge in [0.15, 0.2) is 0 Å². The summed E-state index contributed by atoms with van der Waals surface area (Å²) in [7, 11) is 0. The van der Waals surface area contributed by atoms with Crippen LogP contribution >= 0.6 is 0 Å². The number of aromatic carboxylic acids is 1. The molecule has 1 atom stereocenters.